The smallest absolute Gasteiger partial charge is 0.0471 e. The van der Waals surface area contributed by atoms with Gasteiger partial charge in [0.05, 0.1) is 0 Å². The topological polar surface area (TPSA) is 35.2 Å². The molecule has 0 saturated carbocycles. The molecule has 2 N–H and O–H groups in total. The maximum absolute atomic E-state index is 5.75. The van der Waals surface area contributed by atoms with Crippen LogP contribution in [0.5, 0.6) is 0 Å². The highest BCUT2D eigenvalue weighted by molar-refractivity contribution is 5.07. The molecule has 1 rings (SSSR count). The van der Waals surface area contributed by atoms with Crippen LogP contribution in [-0.4, -0.2) is 19.3 Å². The molecule has 0 bridgehead atoms. The zero-order chi connectivity index (χ0) is 8.97. The van der Waals surface area contributed by atoms with Gasteiger partial charge in [0.25, 0.3) is 0 Å². The second-order valence-corrected chi connectivity index (χ2v) is 3.65. The summed E-state index contributed by atoms with van der Waals surface area (Å²) in [5, 5.41) is 0. The minimum atomic E-state index is 0.202. The summed E-state index contributed by atoms with van der Waals surface area (Å²) in [5.41, 5.74) is 7.06. The minimum absolute atomic E-state index is 0.202. The van der Waals surface area contributed by atoms with E-state index in [9.17, 15) is 0 Å². The van der Waals surface area contributed by atoms with Crippen LogP contribution in [0.3, 0.4) is 0 Å². The first-order chi connectivity index (χ1) is 5.70. The van der Waals surface area contributed by atoms with E-state index in [0.717, 1.165) is 26.1 Å². The first kappa shape index (κ1) is 9.75. The third-order valence-electron chi connectivity index (χ3n) is 2.48. The molecule has 12 heavy (non-hydrogen) atoms. The van der Waals surface area contributed by atoms with Gasteiger partial charge in [-0.05, 0) is 32.6 Å². The van der Waals surface area contributed by atoms with Crippen LogP contribution in [0, 0.1) is 5.92 Å². The van der Waals surface area contributed by atoms with Crippen molar-refractivity contribution in [2.24, 2.45) is 11.7 Å². The molecule has 0 aromatic heterocycles. The van der Waals surface area contributed by atoms with Gasteiger partial charge in [-0.15, -0.1) is 0 Å². The molecular weight excluding hydrogens is 150 g/mol. The molecule has 1 unspecified atom stereocenters. The largest absolute Gasteiger partial charge is 0.381 e. The lowest BCUT2D eigenvalue weighted by molar-refractivity contribution is 0.0783. The van der Waals surface area contributed by atoms with Gasteiger partial charge < -0.3 is 10.5 Å². The van der Waals surface area contributed by atoms with E-state index in [2.05, 4.69) is 13.0 Å². The Morgan fingerprint density at radius 3 is 2.58 bits per heavy atom. The molecule has 1 fully saturated rings. The number of allylic oxidation sites excluding steroid dienone is 1. The Bertz CT molecular complexity index is 157. The number of hydrogen-bond donors (Lipinski definition) is 1. The zero-order valence-corrected chi connectivity index (χ0v) is 8.05. The van der Waals surface area contributed by atoms with E-state index in [0.29, 0.717) is 5.92 Å². The molecule has 0 radical (unpaired) electrons. The van der Waals surface area contributed by atoms with Crippen molar-refractivity contribution < 1.29 is 4.74 Å². The number of ether oxygens (including phenoxy) is 1. The molecule has 1 atom stereocenters. The zero-order valence-electron chi connectivity index (χ0n) is 8.05. The van der Waals surface area contributed by atoms with Crippen LogP contribution < -0.4 is 5.73 Å². The van der Waals surface area contributed by atoms with Crippen molar-refractivity contribution in [1.82, 2.24) is 0 Å². The van der Waals surface area contributed by atoms with E-state index in [-0.39, 0.29) is 6.04 Å². The maximum Gasteiger partial charge on any atom is 0.0471 e. The van der Waals surface area contributed by atoms with Crippen LogP contribution in [0.1, 0.15) is 26.7 Å². The van der Waals surface area contributed by atoms with Gasteiger partial charge in [-0.25, -0.2) is 0 Å². The minimum Gasteiger partial charge on any atom is -0.381 e. The summed E-state index contributed by atoms with van der Waals surface area (Å²) in [6.45, 7) is 5.96. The van der Waals surface area contributed by atoms with Crippen molar-refractivity contribution >= 4 is 0 Å². The standard InChI is InChI=1S/C10H19NO/c1-8(9(2)11)7-10-3-5-12-6-4-10/h7,9-10H,3-6,11H2,1-2H3. The van der Waals surface area contributed by atoms with Crippen molar-refractivity contribution in [2.75, 3.05) is 13.2 Å². The second kappa shape index (κ2) is 4.63. The summed E-state index contributed by atoms with van der Waals surface area (Å²) in [4.78, 5) is 0. The summed E-state index contributed by atoms with van der Waals surface area (Å²) in [6.07, 6.45) is 4.63. The fourth-order valence-corrected chi connectivity index (χ4v) is 1.41. The predicted octanol–water partition coefficient (Wildman–Crippen LogP) is 1.71. The highest BCUT2D eigenvalue weighted by atomic mass is 16.5. The highest BCUT2D eigenvalue weighted by Crippen LogP contribution is 2.18. The van der Waals surface area contributed by atoms with Gasteiger partial charge >= 0.3 is 0 Å². The van der Waals surface area contributed by atoms with Crippen molar-refractivity contribution in [3.8, 4) is 0 Å². The third kappa shape index (κ3) is 2.95. The molecule has 1 aliphatic heterocycles. The Labute approximate surface area is 74.8 Å². The molecule has 2 heteroatoms. The fourth-order valence-electron chi connectivity index (χ4n) is 1.41. The van der Waals surface area contributed by atoms with Crippen molar-refractivity contribution in [2.45, 2.75) is 32.7 Å². The average Bonchev–Trinajstić information content (AvgIpc) is 2.06. The Kier molecular flexibility index (Phi) is 3.76. The fraction of sp³-hybridized carbons (Fsp3) is 0.800. The van der Waals surface area contributed by atoms with Gasteiger partial charge in [0.2, 0.25) is 0 Å². The highest BCUT2D eigenvalue weighted by Gasteiger charge is 2.11. The molecule has 0 aromatic rings. The Morgan fingerprint density at radius 2 is 2.08 bits per heavy atom. The van der Waals surface area contributed by atoms with Gasteiger partial charge in [0.1, 0.15) is 0 Å². The van der Waals surface area contributed by atoms with Gasteiger partial charge in [-0.3, -0.25) is 0 Å². The lowest BCUT2D eigenvalue weighted by Crippen LogP contribution is -2.19. The average molecular weight is 169 g/mol. The van der Waals surface area contributed by atoms with E-state index in [4.69, 9.17) is 10.5 Å². The number of nitrogens with two attached hydrogens (primary N) is 1. The van der Waals surface area contributed by atoms with Crippen LogP contribution in [0.15, 0.2) is 11.6 Å². The normalized spacial score (nSPS) is 24.1. The summed E-state index contributed by atoms with van der Waals surface area (Å²) < 4.78 is 5.28. The van der Waals surface area contributed by atoms with Gasteiger partial charge in [-0.2, -0.15) is 0 Å². The molecule has 1 saturated heterocycles. The first-order valence-electron chi connectivity index (χ1n) is 4.72. The predicted molar refractivity (Wildman–Crippen MR) is 50.9 cm³/mol. The molecule has 0 spiro atoms. The number of hydrogen-bond acceptors (Lipinski definition) is 2. The van der Waals surface area contributed by atoms with Crippen molar-refractivity contribution in [3.05, 3.63) is 11.6 Å². The maximum atomic E-state index is 5.75. The first-order valence-corrected chi connectivity index (χ1v) is 4.72. The Balaban J connectivity index is 2.41. The molecule has 1 aliphatic rings. The third-order valence-corrected chi connectivity index (χ3v) is 2.48. The molecule has 70 valence electrons. The lowest BCUT2D eigenvalue weighted by atomic mass is 9.96. The molecule has 0 amide bonds. The van der Waals surface area contributed by atoms with Gasteiger partial charge in [0.15, 0.2) is 0 Å². The summed E-state index contributed by atoms with van der Waals surface area (Å²) in [7, 11) is 0. The van der Waals surface area contributed by atoms with E-state index < -0.39 is 0 Å². The van der Waals surface area contributed by atoms with E-state index in [1.807, 2.05) is 6.92 Å². The van der Waals surface area contributed by atoms with E-state index in [1.165, 1.54) is 5.57 Å². The summed E-state index contributed by atoms with van der Waals surface area (Å²) in [6, 6.07) is 0.202. The lowest BCUT2D eigenvalue weighted by Gasteiger charge is -2.20. The van der Waals surface area contributed by atoms with Crippen LogP contribution in [0.2, 0.25) is 0 Å². The van der Waals surface area contributed by atoms with Crippen LogP contribution >= 0.6 is 0 Å². The summed E-state index contributed by atoms with van der Waals surface area (Å²) >= 11 is 0. The molecule has 2 nitrogen and oxygen atoms in total. The van der Waals surface area contributed by atoms with E-state index in [1.54, 1.807) is 0 Å². The van der Waals surface area contributed by atoms with Crippen LogP contribution in [0.4, 0.5) is 0 Å². The molecular formula is C10H19NO. The van der Waals surface area contributed by atoms with Crippen molar-refractivity contribution in [1.29, 1.82) is 0 Å². The molecule has 0 aromatic carbocycles. The Morgan fingerprint density at radius 1 is 1.50 bits per heavy atom. The van der Waals surface area contributed by atoms with Crippen molar-refractivity contribution in [3.63, 3.8) is 0 Å². The quantitative estimate of drug-likeness (QED) is 0.639. The molecule has 1 heterocycles. The SMILES string of the molecule is CC(=CC1CCOCC1)C(C)N. The Hall–Kier alpha value is -0.340. The van der Waals surface area contributed by atoms with E-state index >= 15 is 0 Å². The molecule has 0 aliphatic carbocycles. The van der Waals surface area contributed by atoms with Crippen LogP contribution in [-0.2, 0) is 4.74 Å². The number of rotatable bonds is 2. The van der Waals surface area contributed by atoms with Crippen LogP contribution in [0.25, 0.3) is 0 Å². The second-order valence-electron chi connectivity index (χ2n) is 3.65. The van der Waals surface area contributed by atoms with Gasteiger partial charge in [0, 0.05) is 19.3 Å². The summed E-state index contributed by atoms with van der Waals surface area (Å²) in [5.74, 6) is 0.699. The van der Waals surface area contributed by atoms with Gasteiger partial charge in [-0.1, -0.05) is 11.6 Å². The monoisotopic (exact) mass is 169 g/mol.